The normalized spacial score (nSPS) is 11.9. The molecule has 0 aliphatic carbocycles. The minimum Gasteiger partial charge on any atom is -0.481 e. The third kappa shape index (κ3) is 5.72. The first-order valence-corrected chi connectivity index (χ1v) is 4.73. The largest absolute Gasteiger partial charge is 0.481 e. The SMILES string of the molecule is C=CCOC(=O)NCC(C(=O)O)C(C)C. The first kappa shape index (κ1) is 13.5. The first-order valence-electron chi connectivity index (χ1n) is 4.73. The summed E-state index contributed by atoms with van der Waals surface area (Å²) in [5.74, 6) is -1.56. The second-order valence-electron chi connectivity index (χ2n) is 3.46. The van der Waals surface area contributed by atoms with Crippen molar-refractivity contribution >= 4 is 12.1 Å². The highest BCUT2D eigenvalue weighted by Crippen LogP contribution is 2.09. The number of rotatable bonds is 6. The average molecular weight is 215 g/mol. The number of hydrogen-bond donors (Lipinski definition) is 2. The molecule has 0 aromatic carbocycles. The molecule has 86 valence electrons. The summed E-state index contributed by atoms with van der Waals surface area (Å²) in [6.07, 6.45) is 0.818. The summed E-state index contributed by atoms with van der Waals surface area (Å²) in [5.41, 5.74) is 0. The molecule has 0 heterocycles. The fourth-order valence-electron chi connectivity index (χ4n) is 0.987. The lowest BCUT2D eigenvalue weighted by molar-refractivity contribution is -0.142. The van der Waals surface area contributed by atoms with E-state index in [2.05, 4.69) is 16.6 Å². The highest BCUT2D eigenvalue weighted by Gasteiger charge is 2.21. The van der Waals surface area contributed by atoms with Crippen molar-refractivity contribution in [2.24, 2.45) is 11.8 Å². The van der Waals surface area contributed by atoms with Crippen LogP contribution in [0, 0.1) is 11.8 Å². The van der Waals surface area contributed by atoms with Crippen molar-refractivity contribution in [3.8, 4) is 0 Å². The van der Waals surface area contributed by atoms with E-state index in [1.807, 2.05) is 0 Å². The van der Waals surface area contributed by atoms with Crippen LogP contribution >= 0.6 is 0 Å². The summed E-state index contributed by atoms with van der Waals surface area (Å²) in [7, 11) is 0. The molecule has 0 spiro atoms. The minimum atomic E-state index is -0.922. The zero-order valence-corrected chi connectivity index (χ0v) is 9.03. The summed E-state index contributed by atoms with van der Waals surface area (Å²) in [6.45, 7) is 7.15. The topological polar surface area (TPSA) is 75.6 Å². The highest BCUT2D eigenvalue weighted by atomic mass is 16.5. The van der Waals surface area contributed by atoms with Gasteiger partial charge in [-0.3, -0.25) is 4.79 Å². The van der Waals surface area contributed by atoms with Crippen molar-refractivity contribution in [3.05, 3.63) is 12.7 Å². The third-order valence-electron chi connectivity index (χ3n) is 1.92. The van der Waals surface area contributed by atoms with Gasteiger partial charge in [-0.1, -0.05) is 26.5 Å². The number of carboxylic acid groups (broad SMARTS) is 1. The van der Waals surface area contributed by atoms with Crippen LogP contribution in [0.25, 0.3) is 0 Å². The molecule has 1 amide bonds. The average Bonchev–Trinajstić information content (AvgIpc) is 2.13. The molecule has 5 heteroatoms. The summed E-state index contributed by atoms with van der Waals surface area (Å²) in [4.78, 5) is 21.7. The minimum absolute atomic E-state index is 0.0396. The Bertz CT molecular complexity index is 238. The smallest absolute Gasteiger partial charge is 0.407 e. The van der Waals surface area contributed by atoms with E-state index in [1.165, 1.54) is 6.08 Å². The Morgan fingerprint density at radius 3 is 2.53 bits per heavy atom. The molecule has 15 heavy (non-hydrogen) atoms. The van der Waals surface area contributed by atoms with Crippen LogP contribution in [0.3, 0.4) is 0 Å². The lowest BCUT2D eigenvalue weighted by Gasteiger charge is -2.16. The number of carbonyl (C=O) groups excluding carboxylic acids is 1. The lowest BCUT2D eigenvalue weighted by Crippen LogP contribution is -2.35. The van der Waals surface area contributed by atoms with E-state index >= 15 is 0 Å². The Labute approximate surface area is 89.1 Å². The van der Waals surface area contributed by atoms with Crippen LogP contribution in [-0.4, -0.2) is 30.3 Å². The molecule has 0 aromatic heterocycles. The van der Waals surface area contributed by atoms with Crippen molar-refractivity contribution in [1.29, 1.82) is 0 Å². The van der Waals surface area contributed by atoms with Crippen LogP contribution in [0.4, 0.5) is 4.79 Å². The van der Waals surface area contributed by atoms with Gasteiger partial charge in [0.15, 0.2) is 0 Å². The highest BCUT2D eigenvalue weighted by molar-refractivity contribution is 5.72. The van der Waals surface area contributed by atoms with E-state index in [0.717, 1.165) is 0 Å². The molecule has 5 nitrogen and oxygen atoms in total. The van der Waals surface area contributed by atoms with Gasteiger partial charge in [-0.05, 0) is 5.92 Å². The van der Waals surface area contributed by atoms with Gasteiger partial charge in [0.25, 0.3) is 0 Å². The molecule has 0 aromatic rings. The molecule has 0 rings (SSSR count). The molecule has 0 fully saturated rings. The summed E-state index contributed by atoms with van der Waals surface area (Å²) < 4.78 is 4.64. The molecule has 2 N–H and O–H groups in total. The molecular formula is C10H17NO4. The van der Waals surface area contributed by atoms with Gasteiger partial charge in [0.05, 0.1) is 5.92 Å². The number of nitrogens with one attached hydrogen (secondary N) is 1. The molecule has 0 bridgehead atoms. The van der Waals surface area contributed by atoms with Gasteiger partial charge in [-0.15, -0.1) is 0 Å². The van der Waals surface area contributed by atoms with E-state index in [1.54, 1.807) is 13.8 Å². The van der Waals surface area contributed by atoms with Crippen molar-refractivity contribution in [3.63, 3.8) is 0 Å². The molecule has 0 saturated heterocycles. The van der Waals surface area contributed by atoms with Gasteiger partial charge >= 0.3 is 12.1 Å². The van der Waals surface area contributed by atoms with Crippen LogP contribution in [0.2, 0.25) is 0 Å². The van der Waals surface area contributed by atoms with Gasteiger partial charge in [-0.2, -0.15) is 0 Å². The Hall–Kier alpha value is -1.52. The zero-order valence-electron chi connectivity index (χ0n) is 9.03. The number of carbonyl (C=O) groups is 2. The molecule has 1 atom stereocenters. The Balaban J connectivity index is 3.94. The Kier molecular flexibility index (Phi) is 6.17. The standard InChI is InChI=1S/C10H17NO4/c1-4-5-15-10(14)11-6-8(7(2)3)9(12)13/h4,7-8H,1,5-6H2,2-3H3,(H,11,14)(H,12,13). The molecule has 0 radical (unpaired) electrons. The number of aliphatic carboxylic acids is 1. The van der Waals surface area contributed by atoms with Gasteiger partial charge in [0, 0.05) is 6.54 Å². The van der Waals surface area contributed by atoms with Crippen LogP contribution in [0.15, 0.2) is 12.7 Å². The lowest BCUT2D eigenvalue weighted by atomic mass is 9.96. The van der Waals surface area contributed by atoms with Crippen LogP contribution in [-0.2, 0) is 9.53 Å². The third-order valence-corrected chi connectivity index (χ3v) is 1.92. The fraction of sp³-hybridized carbons (Fsp3) is 0.600. The first-order chi connectivity index (χ1) is 6.99. The quantitative estimate of drug-likeness (QED) is 0.654. The van der Waals surface area contributed by atoms with E-state index in [0.29, 0.717) is 0 Å². The van der Waals surface area contributed by atoms with Gasteiger partial charge in [0.1, 0.15) is 6.61 Å². The second kappa shape index (κ2) is 6.86. The van der Waals surface area contributed by atoms with Crippen LogP contribution in [0.1, 0.15) is 13.8 Å². The maximum absolute atomic E-state index is 11.0. The van der Waals surface area contributed by atoms with Gasteiger partial charge < -0.3 is 15.2 Å². The number of ether oxygens (including phenoxy) is 1. The molecule has 0 aliphatic rings. The summed E-state index contributed by atoms with van der Waals surface area (Å²) >= 11 is 0. The van der Waals surface area contributed by atoms with E-state index < -0.39 is 18.0 Å². The molecular weight excluding hydrogens is 198 g/mol. The van der Waals surface area contributed by atoms with Gasteiger partial charge in [0.2, 0.25) is 0 Å². The van der Waals surface area contributed by atoms with E-state index in [4.69, 9.17) is 5.11 Å². The number of amides is 1. The van der Waals surface area contributed by atoms with Gasteiger partial charge in [-0.25, -0.2) is 4.79 Å². The number of hydrogen-bond acceptors (Lipinski definition) is 3. The Morgan fingerprint density at radius 1 is 1.53 bits per heavy atom. The monoisotopic (exact) mass is 215 g/mol. The second-order valence-corrected chi connectivity index (χ2v) is 3.46. The van der Waals surface area contributed by atoms with Crippen LogP contribution in [0.5, 0.6) is 0 Å². The van der Waals surface area contributed by atoms with E-state index in [9.17, 15) is 9.59 Å². The van der Waals surface area contributed by atoms with Crippen molar-refractivity contribution in [2.75, 3.05) is 13.2 Å². The van der Waals surface area contributed by atoms with E-state index in [-0.39, 0.29) is 19.1 Å². The maximum Gasteiger partial charge on any atom is 0.407 e. The van der Waals surface area contributed by atoms with Crippen molar-refractivity contribution in [1.82, 2.24) is 5.32 Å². The fourth-order valence-corrected chi connectivity index (χ4v) is 0.987. The summed E-state index contributed by atoms with van der Waals surface area (Å²) in [6, 6.07) is 0. The molecule has 0 aliphatic heterocycles. The molecule has 1 unspecified atom stereocenters. The summed E-state index contributed by atoms with van der Waals surface area (Å²) in [5, 5.41) is 11.2. The predicted octanol–water partition coefficient (Wildman–Crippen LogP) is 1.26. The zero-order chi connectivity index (χ0) is 11.8. The molecule has 0 saturated carbocycles. The van der Waals surface area contributed by atoms with Crippen LogP contribution < -0.4 is 5.32 Å². The maximum atomic E-state index is 11.0. The van der Waals surface area contributed by atoms with Crippen molar-refractivity contribution < 1.29 is 19.4 Å². The predicted molar refractivity (Wildman–Crippen MR) is 55.5 cm³/mol. The Morgan fingerprint density at radius 2 is 2.13 bits per heavy atom. The number of alkyl carbamates (subject to hydrolysis) is 1. The van der Waals surface area contributed by atoms with Crippen molar-refractivity contribution in [2.45, 2.75) is 13.8 Å². The number of carboxylic acids is 1.